The minimum atomic E-state index is 0.462. The second-order valence-corrected chi connectivity index (χ2v) is 5.28. The molecule has 1 saturated carbocycles. The third-order valence-electron chi connectivity index (χ3n) is 2.61. The summed E-state index contributed by atoms with van der Waals surface area (Å²) >= 11 is 7.63. The number of halogens is 1. The third-order valence-corrected chi connectivity index (χ3v) is 3.70. The van der Waals surface area contributed by atoms with Crippen LogP contribution in [0.25, 0.3) is 10.2 Å². The van der Waals surface area contributed by atoms with Crippen LogP contribution in [0.3, 0.4) is 0 Å². The van der Waals surface area contributed by atoms with Gasteiger partial charge < -0.3 is 4.74 Å². The van der Waals surface area contributed by atoms with E-state index >= 15 is 0 Å². The van der Waals surface area contributed by atoms with Crippen molar-refractivity contribution in [3.63, 3.8) is 0 Å². The molecule has 0 spiro atoms. The van der Waals surface area contributed by atoms with Crippen molar-refractivity contribution >= 4 is 33.2 Å². The van der Waals surface area contributed by atoms with E-state index in [9.17, 15) is 0 Å². The van der Waals surface area contributed by atoms with Gasteiger partial charge in [0.1, 0.15) is 16.6 Å². The summed E-state index contributed by atoms with van der Waals surface area (Å²) in [4.78, 5) is 9.57. The highest BCUT2D eigenvalue weighted by Crippen LogP contribution is 2.29. The number of ether oxygens (including phenoxy) is 1. The van der Waals surface area contributed by atoms with Crippen LogP contribution in [0.15, 0.2) is 11.4 Å². The maximum absolute atomic E-state index is 6.06. The van der Waals surface area contributed by atoms with Crippen molar-refractivity contribution in [2.75, 3.05) is 6.61 Å². The van der Waals surface area contributed by atoms with Crippen LogP contribution in [-0.2, 0) is 11.3 Å². The van der Waals surface area contributed by atoms with Gasteiger partial charge >= 0.3 is 0 Å². The molecule has 0 aliphatic heterocycles. The first-order valence-corrected chi connectivity index (χ1v) is 6.56. The zero-order chi connectivity index (χ0) is 11.0. The van der Waals surface area contributed by atoms with Crippen LogP contribution in [0, 0.1) is 5.92 Å². The average Bonchev–Trinajstić information content (AvgIpc) is 2.94. The van der Waals surface area contributed by atoms with Crippen LogP contribution in [0.2, 0.25) is 5.15 Å². The second-order valence-electron chi connectivity index (χ2n) is 4.03. The van der Waals surface area contributed by atoms with Gasteiger partial charge in [-0.05, 0) is 30.2 Å². The number of rotatable bonds is 4. The van der Waals surface area contributed by atoms with Gasteiger partial charge in [0.25, 0.3) is 0 Å². The number of nitrogens with zero attached hydrogens (tertiary/aromatic N) is 2. The van der Waals surface area contributed by atoms with Gasteiger partial charge in [-0.3, -0.25) is 0 Å². The summed E-state index contributed by atoms with van der Waals surface area (Å²) in [6, 6.07) is 1.94. The average molecular weight is 255 g/mol. The molecule has 0 radical (unpaired) electrons. The topological polar surface area (TPSA) is 35.0 Å². The van der Waals surface area contributed by atoms with Crippen molar-refractivity contribution in [1.29, 1.82) is 0 Å². The standard InChI is InChI=1S/C11H11ClN2OS/c12-10-8-3-4-16-11(8)14-9(13-10)6-15-5-7-1-2-7/h3-4,7H,1-2,5-6H2. The highest BCUT2D eigenvalue weighted by molar-refractivity contribution is 7.16. The first kappa shape index (κ1) is 10.4. The molecule has 0 bridgehead atoms. The molecule has 1 aliphatic rings. The van der Waals surface area contributed by atoms with Crippen LogP contribution in [-0.4, -0.2) is 16.6 Å². The van der Waals surface area contributed by atoms with E-state index < -0.39 is 0 Å². The largest absolute Gasteiger partial charge is 0.373 e. The molecule has 0 N–H and O–H groups in total. The molecule has 0 atom stereocenters. The van der Waals surface area contributed by atoms with Crippen LogP contribution < -0.4 is 0 Å². The summed E-state index contributed by atoms with van der Waals surface area (Å²) in [7, 11) is 0. The molecular formula is C11H11ClN2OS. The van der Waals surface area contributed by atoms with E-state index in [1.165, 1.54) is 12.8 Å². The number of hydrogen-bond acceptors (Lipinski definition) is 4. The predicted molar refractivity (Wildman–Crippen MR) is 64.8 cm³/mol. The molecule has 5 heteroatoms. The fourth-order valence-corrected chi connectivity index (χ4v) is 2.62. The Balaban J connectivity index is 1.74. The Labute approximate surface area is 102 Å². The van der Waals surface area contributed by atoms with Gasteiger partial charge in [0.05, 0.1) is 0 Å². The van der Waals surface area contributed by atoms with Crippen molar-refractivity contribution in [3.05, 3.63) is 22.4 Å². The van der Waals surface area contributed by atoms with Gasteiger partial charge in [0, 0.05) is 12.0 Å². The SMILES string of the molecule is Clc1nc(COCC2CC2)nc2sccc12. The number of thiophene rings is 1. The summed E-state index contributed by atoms with van der Waals surface area (Å²) in [5.74, 6) is 1.45. The first-order chi connectivity index (χ1) is 7.83. The van der Waals surface area contributed by atoms with Crippen LogP contribution in [0.5, 0.6) is 0 Å². The van der Waals surface area contributed by atoms with Gasteiger partial charge in [-0.2, -0.15) is 0 Å². The zero-order valence-electron chi connectivity index (χ0n) is 8.65. The Morgan fingerprint density at radius 1 is 1.44 bits per heavy atom. The minimum Gasteiger partial charge on any atom is -0.373 e. The lowest BCUT2D eigenvalue weighted by molar-refractivity contribution is 0.106. The van der Waals surface area contributed by atoms with E-state index in [4.69, 9.17) is 16.3 Å². The fraction of sp³-hybridized carbons (Fsp3) is 0.455. The van der Waals surface area contributed by atoms with Gasteiger partial charge in [0.2, 0.25) is 0 Å². The summed E-state index contributed by atoms with van der Waals surface area (Å²) in [5, 5.41) is 3.42. The van der Waals surface area contributed by atoms with Crippen molar-refractivity contribution in [3.8, 4) is 0 Å². The maximum atomic E-state index is 6.06. The molecule has 0 aromatic carbocycles. The molecule has 2 aromatic heterocycles. The van der Waals surface area contributed by atoms with Gasteiger partial charge in [-0.15, -0.1) is 11.3 Å². The van der Waals surface area contributed by atoms with Crippen molar-refractivity contribution < 1.29 is 4.74 Å². The quantitative estimate of drug-likeness (QED) is 0.786. The Morgan fingerprint density at radius 2 is 2.31 bits per heavy atom. The number of fused-ring (bicyclic) bond motifs is 1. The second kappa shape index (κ2) is 4.28. The van der Waals surface area contributed by atoms with E-state index in [1.807, 2.05) is 11.4 Å². The van der Waals surface area contributed by atoms with Gasteiger partial charge in [0.15, 0.2) is 5.82 Å². The molecule has 1 aliphatic carbocycles. The lowest BCUT2D eigenvalue weighted by atomic mass is 10.4. The van der Waals surface area contributed by atoms with E-state index in [1.54, 1.807) is 11.3 Å². The predicted octanol–water partition coefficient (Wildman–Crippen LogP) is 3.27. The van der Waals surface area contributed by atoms with Crippen LogP contribution in [0.1, 0.15) is 18.7 Å². The summed E-state index contributed by atoms with van der Waals surface area (Å²) < 4.78 is 5.55. The normalized spacial score (nSPS) is 15.8. The Hall–Kier alpha value is -0.710. The smallest absolute Gasteiger partial charge is 0.157 e. The van der Waals surface area contributed by atoms with Crippen molar-refractivity contribution in [1.82, 2.24) is 9.97 Å². The van der Waals surface area contributed by atoms with Gasteiger partial charge in [-0.1, -0.05) is 11.6 Å². The van der Waals surface area contributed by atoms with Gasteiger partial charge in [-0.25, -0.2) is 9.97 Å². The zero-order valence-corrected chi connectivity index (χ0v) is 10.2. The molecule has 1 fully saturated rings. The maximum Gasteiger partial charge on any atom is 0.157 e. The van der Waals surface area contributed by atoms with E-state index in [-0.39, 0.29) is 0 Å². The Morgan fingerprint density at radius 3 is 3.12 bits per heavy atom. The van der Waals surface area contributed by atoms with Crippen LogP contribution in [0.4, 0.5) is 0 Å². The molecule has 0 amide bonds. The third kappa shape index (κ3) is 2.19. The van der Waals surface area contributed by atoms with Crippen LogP contribution >= 0.6 is 22.9 Å². The molecule has 0 unspecified atom stereocenters. The molecule has 2 aromatic rings. The monoisotopic (exact) mass is 254 g/mol. The van der Waals surface area contributed by atoms with E-state index in [2.05, 4.69) is 9.97 Å². The number of aromatic nitrogens is 2. The lowest BCUT2D eigenvalue weighted by Gasteiger charge is -2.02. The number of hydrogen-bond donors (Lipinski definition) is 0. The molecule has 2 heterocycles. The highest BCUT2D eigenvalue weighted by atomic mass is 35.5. The van der Waals surface area contributed by atoms with Crippen molar-refractivity contribution in [2.24, 2.45) is 5.92 Å². The summed E-state index contributed by atoms with van der Waals surface area (Å²) in [6.07, 6.45) is 2.59. The van der Waals surface area contributed by atoms with E-state index in [0.717, 1.165) is 22.7 Å². The molecule has 0 saturated heterocycles. The minimum absolute atomic E-state index is 0.462. The Bertz CT molecular complexity index is 510. The molecule has 3 rings (SSSR count). The fourth-order valence-electron chi connectivity index (χ4n) is 1.53. The highest BCUT2D eigenvalue weighted by Gasteiger charge is 2.21. The molecule has 16 heavy (non-hydrogen) atoms. The van der Waals surface area contributed by atoms with E-state index in [0.29, 0.717) is 17.6 Å². The lowest BCUT2D eigenvalue weighted by Crippen LogP contribution is -2.01. The van der Waals surface area contributed by atoms with Crippen molar-refractivity contribution in [2.45, 2.75) is 19.4 Å². The summed E-state index contributed by atoms with van der Waals surface area (Å²) in [5.41, 5.74) is 0. The summed E-state index contributed by atoms with van der Waals surface area (Å²) in [6.45, 7) is 1.29. The molecule has 84 valence electrons. The molecule has 3 nitrogen and oxygen atoms in total. The molecular weight excluding hydrogens is 244 g/mol. The first-order valence-electron chi connectivity index (χ1n) is 5.30. The Kier molecular flexibility index (Phi) is 2.79.